The van der Waals surface area contributed by atoms with E-state index in [1.807, 2.05) is 6.07 Å². The van der Waals surface area contributed by atoms with Gasteiger partial charge in [-0.05, 0) is 37.5 Å². The number of halogens is 3. The largest absolute Gasteiger partial charge is 0.373 e. The van der Waals surface area contributed by atoms with Crippen molar-refractivity contribution in [1.82, 2.24) is 0 Å². The van der Waals surface area contributed by atoms with E-state index in [1.54, 1.807) is 0 Å². The summed E-state index contributed by atoms with van der Waals surface area (Å²) in [4.78, 5) is 0. The first-order valence-corrected chi connectivity index (χ1v) is 11.3. The normalized spacial score (nSPS) is 12.8. The Kier molecular flexibility index (Phi) is 2.70. The SMILES string of the molecule is Cl[Si](Cl)(Cl)c1ccc2ccc3cccc4ccc1c2c34. The highest BCUT2D eigenvalue weighted by Gasteiger charge is 2.30. The lowest BCUT2D eigenvalue weighted by Crippen LogP contribution is -2.30. The lowest BCUT2D eigenvalue weighted by molar-refractivity contribution is 1.80. The molecule has 0 aliphatic rings. The molecule has 0 saturated carbocycles. The molecule has 0 spiro atoms. The second kappa shape index (κ2) is 4.25. The van der Waals surface area contributed by atoms with Crippen molar-refractivity contribution in [2.75, 3.05) is 0 Å². The molecule has 0 unspecified atom stereocenters. The van der Waals surface area contributed by atoms with Crippen LogP contribution in [0.25, 0.3) is 32.3 Å². The van der Waals surface area contributed by atoms with Crippen LogP contribution in [0.4, 0.5) is 0 Å². The fourth-order valence-electron chi connectivity index (χ4n) is 2.98. The van der Waals surface area contributed by atoms with E-state index in [0.29, 0.717) is 0 Å². The van der Waals surface area contributed by atoms with Crippen LogP contribution in [0.2, 0.25) is 0 Å². The molecule has 4 heteroatoms. The maximum absolute atomic E-state index is 6.25. The summed E-state index contributed by atoms with van der Waals surface area (Å²) in [5.41, 5.74) is 0. The molecule has 0 heterocycles. The van der Waals surface area contributed by atoms with Crippen molar-refractivity contribution in [3.05, 3.63) is 54.6 Å². The van der Waals surface area contributed by atoms with Crippen LogP contribution in [0, 0.1) is 0 Å². The van der Waals surface area contributed by atoms with Crippen LogP contribution in [0.1, 0.15) is 0 Å². The molecule has 0 aliphatic carbocycles. The molecule has 0 aliphatic heterocycles. The van der Waals surface area contributed by atoms with Crippen molar-refractivity contribution in [2.24, 2.45) is 0 Å². The quantitative estimate of drug-likeness (QED) is 0.247. The fourth-order valence-corrected chi connectivity index (χ4v) is 5.25. The summed E-state index contributed by atoms with van der Waals surface area (Å²) in [6, 6.07) is 15.9. The molecule has 0 aromatic heterocycles. The first kappa shape index (κ1) is 12.7. The number of benzene rings is 4. The molecule has 0 nitrogen and oxygen atoms in total. The summed E-state index contributed by atoms with van der Waals surface area (Å²) in [6.45, 7) is 0. The van der Waals surface area contributed by atoms with E-state index >= 15 is 0 Å². The Bertz CT molecular complexity index is 925. The highest BCUT2D eigenvalue weighted by molar-refractivity contribution is 7.69. The number of rotatable bonds is 1. The third-order valence-corrected chi connectivity index (χ3v) is 6.71. The molecule has 0 radical (unpaired) electrons. The summed E-state index contributed by atoms with van der Waals surface area (Å²) < 4.78 is 0. The van der Waals surface area contributed by atoms with Crippen LogP contribution in [0.5, 0.6) is 0 Å². The zero-order chi connectivity index (χ0) is 13.9. The molecular weight excluding hydrogens is 327 g/mol. The van der Waals surface area contributed by atoms with Gasteiger partial charge in [-0.15, -0.1) is 33.2 Å². The minimum atomic E-state index is -2.91. The van der Waals surface area contributed by atoms with Gasteiger partial charge in [0.1, 0.15) is 0 Å². The first-order chi connectivity index (χ1) is 9.55. The molecule has 0 fully saturated rings. The maximum atomic E-state index is 6.25. The summed E-state index contributed by atoms with van der Waals surface area (Å²) in [5, 5.41) is 8.04. The lowest BCUT2D eigenvalue weighted by atomic mass is 9.94. The highest BCUT2D eigenvalue weighted by Crippen LogP contribution is 2.35. The number of hydrogen-bond acceptors (Lipinski definition) is 0. The van der Waals surface area contributed by atoms with Gasteiger partial charge in [-0.3, -0.25) is 0 Å². The van der Waals surface area contributed by atoms with E-state index in [0.717, 1.165) is 10.6 Å². The Morgan fingerprint density at radius 3 is 1.80 bits per heavy atom. The Hall–Kier alpha value is -0.993. The summed E-state index contributed by atoms with van der Waals surface area (Å²) in [5.74, 6) is 0. The van der Waals surface area contributed by atoms with Gasteiger partial charge >= 0.3 is 6.00 Å². The average molecular weight is 336 g/mol. The second-order valence-electron chi connectivity index (χ2n) is 4.97. The van der Waals surface area contributed by atoms with Gasteiger partial charge in [0.2, 0.25) is 0 Å². The van der Waals surface area contributed by atoms with Crippen molar-refractivity contribution in [2.45, 2.75) is 0 Å². The smallest absolute Gasteiger partial charge is 0.121 e. The molecule has 98 valence electrons. The van der Waals surface area contributed by atoms with E-state index in [1.165, 1.54) is 26.9 Å². The van der Waals surface area contributed by atoms with Gasteiger partial charge in [-0.25, -0.2) is 0 Å². The minimum Gasteiger partial charge on any atom is -0.121 e. The van der Waals surface area contributed by atoms with Gasteiger partial charge in [0.25, 0.3) is 0 Å². The highest BCUT2D eigenvalue weighted by atomic mass is 35.8. The molecule has 0 atom stereocenters. The molecule has 4 aromatic rings. The summed E-state index contributed by atoms with van der Waals surface area (Å²) >= 11 is 18.8. The molecule has 0 amide bonds. The van der Waals surface area contributed by atoms with E-state index < -0.39 is 6.00 Å². The van der Waals surface area contributed by atoms with Crippen molar-refractivity contribution in [3.8, 4) is 0 Å². The number of hydrogen-bond donors (Lipinski definition) is 0. The second-order valence-corrected chi connectivity index (χ2v) is 13.3. The summed E-state index contributed by atoms with van der Waals surface area (Å²) in [7, 11) is 0. The third kappa shape index (κ3) is 1.74. The Labute approximate surface area is 131 Å². The predicted octanol–water partition coefficient (Wildman–Crippen LogP) is 5.45. The molecule has 0 bridgehead atoms. The van der Waals surface area contributed by atoms with E-state index in [9.17, 15) is 0 Å². The Morgan fingerprint density at radius 2 is 1.15 bits per heavy atom. The van der Waals surface area contributed by atoms with Crippen molar-refractivity contribution < 1.29 is 0 Å². The van der Waals surface area contributed by atoms with Gasteiger partial charge in [0.05, 0.1) is 0 Å². The topological polar surface area (TPSA) is 0 Å². The van der Waals surface area contributed by atoms with E-state index in [2.05, 4.69) is 48.5 Å². The van der Waals surface area contributed by atoms with Gasteiger partial charge in [0, 0.05) is 0 Å². The Morgan fingerprint density at radius 1 is 0.600 bits per heavy atom. The van der Waals surface area contributed by atoms with Gasteiger partial charge in [-0.2, -0.15) is 0 Å². The molecule has 4 rings (SSSR count). The first-order valence-electron chi connectivity index (χ1n) is 6.29. The van der Waals surface area contributed by atoms with Crippen LogP contribution in [-0.2, 0) is 0 Å². The molecule has 20 heavy (non-hydrogen) atoms. The van der Waals surface area contributed by atoms with Crippen LogP contribution in [0.3, 0.4) is 0 Å². The predicted molar refractivity (Wildman–Crippen MR) is 93.1 cm³/mol. The zero-order valence-corrected chi connectivity index (χ0v) is 13.6. The van der Waals surface area contributed by atoms with Crippen LogP contribution in [-0.4, -0.2) is 6.00 Å². The molecule has 4 aromatic carbocycles. The van der Waals surface area contributed by atoms with Crippen LogP contribution in [0.15, 0.2) is 54.6 Å². The summed E-state index contributed by atoms with van der Waals surface area (Å²) in [6.07, 6.45) is 0. The van der Waals surface area contributed by atoms with E-state index in [4.69, 9.17) is 33.2 Å². The van der Waals surface area contributed by atoms with Crippen LogP contribution >= 0.6 is 33.2 Å². The lowest BCUT2D eigenvalue weighted by Gasteiger charge is -2.16. The van der Waals surface area contributed by atoms with Gasteiger partial charge in [0.15, 0.2) is 0 Å². The third-order valence-electron chi connectivity index (χ3n) is 3.83. The standard InChI is InChI=1S/C16H9Cl3Si/c17-20(18,19)14-9-7-12-5-4-10-2-1-3-11-6-8-13(14)16(12)15(10)11/h1-9H. The fraction of sp³-hybridized carbons (Fsp3) is 0. The Balaban J connectivity index is 2.32. The molecule has 0 N–H and O–H groups in total. The average Bonchev–Trinajstić information content (AvgIpc) is 2.43. The van der Waals surface area contributed by atoms with E-state index in [-0.39, 0.29) is 0 Å². The van der Waals surface area contributed by atoms with Crippen molar-refractivity contribution in [1.29, 1.82) is 0 Å². The maximum Gasteiger partial charge on any atom is 0.373 e. The molecule has 0 saturated heterocycles. The van der Waals surface area contributed by atoms with Gasteiger partial charge < -0.3 is 0 Å². The monoisotopic (exact) mass is 334 g/mol. The van der Waals surface area contributed by atoms with Gasteiger partial charge in [-0.1, -0.05) is 54.6 Å². The van der Waals surface area contributed by atoms with Crippen molar-refractivity contribution >= 4 is 76.7 Å². The zero-order valence-electron chi connectivity index (χ0n) is 10.3. The van der Waals surface area contributed by atoms with Crippen molar-refractivity contribution in [3.63, 3.8) is 0 Å². The van der Waals surface area contributed by atoms with Crippen LogP contribution < -0.4 is 5.19 Å². The molecular formula is C16H9Cl3Si. The minimum absolute atomic E-state index is 0.869.